The molecule has 1 aliphatic carbocycles. The number of aryl methyl sites for hydroxylation is 1. The molecule has 7 nitrogen and oxygen atoms in total. The molecule has 0 amide bonds. The van der Waals surface area contributed by atoms with Crippen LogP contribution in [0.25, 0.3) is 48.6 Å². The highest BCUT2D eigenvalue weighted by molar-refractivity contribution is 7.22. The van der Waals surface area contributed by atoms with Gasteiger partial charge in [-0.25, -0.2) is 14.5 Å². The Hall–Kier alpha value is -3.49. The lowest BCUT2D eigenvalue weighted by Gasteiger charge is -2.17. The summed E-state index contributed by atoms with van der Waals surface area (Å²) >= 11 is 1.87. The number of benzene rings is 1. The average Bonchev–Trinajstić information content (AvgIpc) is 3.70. The summed E-state index contributed by atoms with van der Waals surface area (Å²) in [6.45, 7) is 6.64. The summed E-state index contributed by atoms with van der Waals surface area (Å²) < 4.78 is 3.20. The molecule has 2 bridgehead atoms. The largest absolute Gasteiger partial charge is 0.354 e. The number of H-pyrrole nitrogens is 2. The van der Waals surface area contributed by atoms with Gasteiger partial charge in [-0.3, -0.25) is 0 Å². The molecule has 6 heterocycles. The molecular formula is C30H31N7S. The molecule has 2 fully saturated rings. The fourth-order valence-corrected chi connectivity index (χ4v) is 8.16. The Morgan fingerprint density at radius 2 is 1.97 bits per heavy atom. The quantitative estimate of drug-likeness (QED) is 0.231. The van der Waals surface area contributed by atoms with Crippen molar-refractivity contribution in [2.24, 2.45) is 5.92 Å². The minimum atomic E-state index is 0.366. The molecule has 1 aromatic carbocycles. The van der Waals surface area contributed by atoms with E-state index < -0.39 is 0 Å². The van der Waals surface area contributed by atoms with Gasteiger partial charge in [0.25, 0.3) is 0 Å². The zero-order valence-corrected chi connectivity index (χ0v) is 22.7. The minimum Gasteiger partial charge on any atom is -0.354 e. The van der Waals surface area contributed by atoms with Crippen molar-refractivity contribution in [2.45, 2.75) is 64.5 Å². The minimum absolute atomic E-state index is 0.366. The van der Waals surface area contributed by atoms with Gasteiger partial charge >= 0.3 is 0 Å². The van der Waals surface area contributed by atoms with Crippen molar-refractivity contribution in [3.8, 4) is 21.7 Å². The number of hydrogen-bond acceptors (Lipinski definition) is 5. The Balaban J connectivity index is 1.18. The van der Waals surface area contributed by atoms with E-state index in [1.54, 1.807) is 6.33 Å². The number of rotatable bonds is 4. The normalized spacial score (nSPS) is 21.5. The van der Waals surface area contributed by atoms with Gasteiger partial charge in [0.15, 0.2) is 5.65 Å². The van der Waals surface area contributed by atoms with Crippen LogP contribution >= 0.6 is 11.3 Å². The number of thiophene rings is 1. The zero-order valence-electron chi connectivity index (χ0n) is 21.9. The summed E-state index contributed by atoms with van der Waals surface area (Å²) in [5, 5.41) is 8.22. The first-order chi connectivity index (χ1) is 18.5. The van der Waals surface area contributed by atoms with Crippen molar-refractivity contribution < 1.29 is 0 Å². The number of nitrogens with zero attached hydrogens (tertiary/aromatic N) is 4. The molecule has 1 saturated carbocycles. The van der Waals surface area contributed by atoms with Crippen LogP contribution in [0.3, 0.4) is 0 Å². The molecule has 2 aliphatic rings. The number of aromatic amines is 2. The van der Waals surface area contributed by atoms with E-state index in [-0.39, 0.29) is 0 Å². The van der Waals surface area contributed by atoms with Crippen LogP contribution in [-0.4, -0.2) is 35.6 Å². The Morgan fingerprint density at radius 1 is 1.05 bits per heavy atom. The van der Waals surface area contributed by atoms with Crippen molar-refractivity contribution >= 4 is 38.2 Å². The van der Waals surface area contributed by atoms with Gasteiger partial charge in [0, 0.05) is 22.7 Å². The van der Waals surface area contributed by atoms with Gasteiger partial charge in [0.1, 0.15) is 12.2 Å². The number of fused-ring (bicyclic) bond motifs is 5. The maximum Gasteiger partial charge on any atom is 0.158 e. The Bertz CT molecular complexity index is 1830. The topological polar surface area (TPSA) is 86.7 Å². The molecule has 0 spiro atoms. The summed E-state index contributed by atoms with van der Waals surface area (Å²) in [5.41, 5.74) is 10.3. The lowest BCUT2D eigenvalue weighted by Crippen LogP contribution is -2.23. The van der Waals surface area contributed by atoms with E-state index in [2.05, 4.69) is 82.7 Å². The third-order valence-electron chi connectivity index (χ3n) is 8.61. The first-order valence-electron chi connectivity index (χ1n) is 13.7. The van der Waals surface area contributed by atoms with Crippen molar-refractivity contribution in [2.75, 3.05) is 0 Å². The summed E-state index contributed by atoms with van der Waals surface area (Å²) in [6, 6.07) is 12.2. The second-order valence-corrected chi connectivity index (χ2v) is 12.5. The summed E-state index contributed by atoms with van der Waals surface area (Å²) in [4.78, 5) is 18.1. The second-order valence-electron chi connectivity index (χ2n) is 11.5. The molecule has 3 atom stereocenters. The number of nitrogens with one attached hydrogen (secondary N) is 3. The van der Waals surface area contributed by atoms with Crippen molar-refractivity contribution in [3.05, 3.63) is 59.8 Å². The number of imidazole rings is 1. The van der Waals surface area contributed by atoms with Crippen LogP contribution in [0, 0.1) is 12.8 Å². The zero-order chi connectivity index (χ0) is 25.5. The predicted molar refractivity (Wildman–Crippen MR) is 154 cm³/mol. The molecule has 3 N–H and O–H groups in total. The van der Waals surface area contributed by atoms with Gasteiger partial charge in [0.05, 0.1) is 33.0 Å². The fraction of sp³-hybridized carbons (Fsp3) is 0.367. The van der Waals surface area contributed by atoms with Gasteiger partial charge in [-0.2, -0.15) is 5.10 Å². The van der Waals surface area contributed by atoms with Crippen LogP contribution in [0.2, 0.25) is 0 Å². The molecule has 6 aromatic rings. The van der Waals surface area contributed by atoms with Crippen LogP contribution in [-0.2, 0) is 0 Å². The van der Waals surface area contributed by atoms with Gasteiger partial charge in [0.2, 0.25) is 0 Å². The molecule has 1 saturated heterocycles. The van der Waals surface area contributed by atoms with Crippen LogP contribution in [0.4, 0.5) is 0 Å². The average molecular weight is 522 g/mol. The lowest BCUT2D eigenvalue weighted by molar-refractivity contribution is 0.382. The molecule has 1 aliphatic heterocycles. The maximum atomic E-state index is 5.00. The highest BCUT2D eigenvalue weighted by Crippen LogP contribution is 2.44. The molecule has 38 heavy (non-hydrogen) atoms. The Morgan fingerprint density at radius 3 is 2.84 bits per heavy atom. The molecular weight excluding hydrogens is 490 g/mol. The van der Waals surface area contributed by atoms with Crippen LogP contribution in [0.1, 0.15) is 68.4 Å². The highest BCUT2D eigenvalue weighted by atomic mass is 32.1. The van der Waals surface area contributed by atoms with Gasteiger partial charge in [-0.15, -0.1) is 11.3 Å². The maximum absolute atomic E-state index is 5.00. The van der Waals surface area contributed by atoms with Gasteiger partial charge in [-0.1, -0.05) is 26.3 Å². The summed E-state index contributed by atoms with van der Waals surface area (Å²) in [6.07, 6.45) is 8.93. The molecule has 8 rings (SSSR count). The third-order valence-corrected chi connectivity index (χ3v) is 9.83. The number of pyridine rings is 1. The molecule has 192 valence electrons. The van der Waals surface area contributed by atoms with E-state index in [4.69, 9.17) is 4.98 Å². The van der Waals surface area contributed by atoms with E-state index in [0.717, 1.165) is 33.6 Å². The van der Waals surface area contributed by atoms with E-state index in [9.17, 15) is 0 Å². The molecule has 5 aromatic heterocycles. The molecule has 8 heteroatoms. The molecule has 0 radical (unpaired) electrons. The summed E-state index contributed by atoms with van der Waals surface area (Å²) in [5.74, 6) is 2.20. The van der Waals surface area contributed by atoms with Crippen molar-refractivity contribution in [3.63, 3.8) is 0 Å². The third kappa shape index (κ3) is 3.39. The monoisotopic (exact) mass is 521 g/mol. The van der Waals surface area contributed by atoms with Crippen molar-refractivity contribution in [1.29, 1.82) is 0 Å². The first kappa shape index (κ1) is 22.5. The fourth-order valence-electron chi connectivity index (χ4n) is 6.85. The van der Waals surface area contributed by atoms with Crippen molar-refractivity contribution in [1.82, 2.24) is 34.9 Å². The smallest absolute Gasteiger partial charge is 0.158 e. The Labute approximate surface area is 224 Å². The van der Waals surface area contributed by atoms with E-state index >= 15 is 0 Å². The van der Waals surface area contributed by atoms with E-state index in [0.29, 0.717) is 23.9 Å². The van der Waals surface area contributed by atoms with Crippen LogP contribution < -0.4 is 5.32 Å². The first-order valence-corrected chi connectivity index (χ1v) is 14.6. The van der Waals surface area contributed by atoms with Crippen LogP contribution in [0.15, 0.2) is 42.9 Å². The van der Waals surface area contributed by atoms with Gasteiger partial charge in [-0.05, 0) is 79.0 Å². The predicted octanol–water partition coefficient (Wildman–Crippen LogP) is 7.12. The number of aromatic nitrogens is 6. The highest BCUT2D eigenvalue weighted by Gasteiger charge is 2.38. The van der Waals surface area contributed by atoms with Crippen LogP contribution in [0.5, 0.6) is 0 Å². The van der Waals surface area contributed by atoms with E-state index in [1.165, 1.54) is 57.6 Å². The van der Waals surface area contributed by atoms with Gasteiger partial charge < -0.3 is 15.3 Å². The number of hydrogen-bond donors (Lipinski definition) is 3. The lowest BCUT2D eigenvalue weighted by atomic mass is 9.87. The standard InChI is InChI=1S/C30H31N7S/c1-15(2)25-26(19-9-16(3)30-31-14-32-37(30)13-19)34-23-12-24(38-28(23)25)17-7-8-21-22(11-17)36-29(35-21)27-18-5-4-6-20(10-18)33-27/h7-9,11-15,18,20,27,33-34H,4-6,10H2,1-3H3,(H,35,36)/t18-,20+,27?/m0/s1. The summed E-state index contributed by atoms with van der Waals surface area (Å²) in [7, 11) is 0. The SMILES string of the molecule is Cc1cc(-c2[nH]c3cc(-c4ccc5nc(C6N[C@@H]7CCC[C@H]6C7)[nH]c5c4)sc3c2C(C)C)cn2ncnc12. The molecule has 1 unspecified atom stereocenters. The second kappa shape index (κ2) is 8.25. The van der Waals surface area contributed by atoms with E-state index in [1.807, 2.05) is 15.9 Å². The Kier molecular flexibility index (Phi) is 4.88.